The van der Waals surface area contributed by atoms with E-state index in [2.05, 4.69) is 20.9 Å². The van der Waals surface area contributed by atoms with Gasteiger partial charge >= 0.3 is 0 Å². The largest absolute Gasteiger partial charge is 0.267 e. The molecule has 0 aromatic heterocycles. The zero-order valence-electron chi connectivity index (χ0n) is 10.7. The highest BCUT2D eigenvalue weighted by atomic mass is 79.9. The molecule has 108 valence electrons. The lowest BCUT2D eigenvalue weighted by atomic mass is 10.2. The van der Waals surface area contributed by atoms with Crippen molar-refractivity contribution in [1.82, 2.24) is 4.31 Å². The Kier molecular flexibility index (Phi) is 3.54. The highest BCUT2D eigenvalue weighted by Gasteiger charge is 2.28. The van der Waals surface area contributed by atoms with Crippen LogP contribution in [0.25, 0.3) is 0 Å². The molecule has 4 nitrogen and oxygen atoms in total. The SMILES string of the molecule is O=S1(=O)c2ccccc2N=CN1Cc1ccc(F)cc1Br. The quantitative estimate of drug-likeness (QED) is 0.814. The van der Waals surface area contributed by atoms with Gasteiger partial charge in [0.15, 0.2) is 0 Å². The van der Waals surface area contributed by atoms with E-state index in [-0.39, 0.29) is 17.3 Å². The third-order valence-electron chi connectivity index (χ3n) is 3.12. The van der Waals surface area contributed by atoms with Crippen molar-refractivity contribution in [3.8, 4) is 0 Å². The molecule has 7 heteroatoms. The second kappa shape index (κ2) is 5.23. The summed E-state index contributed by atoms with van der Waals surface area (Å²) in [5, 5.41) is 0. The predicted molar refractivity (Wildman–Crippen MR) is 81.4 cm³/mol. The highest BCUT2D eigenvalue weighted by Crippen LogP contribution is 2.31. The normalized spacial score (nSPS) is 15.8. The Hall–Kier alpha value is -1.73. The molecule has 0 radical (unpaired) electrons. The maximum absolute atomic E-state index is 13.1. The first-order chi connectivity index (χ1) is 9.98. The molecule has 2 aromatic carbocycles. The minimum absolute atomic E-state index is 0.0844. The molecule has 0 unspecified atom stereocenters. The summed E-state index contributed by atoms with van der Waals surface area (Å²) in [5.74, 6) is -0.383. The molecule has 3 rings (SSSR count). The molecule has 0 saturated heterocycles. The lowest BCUT2D eigenvalue weighted by Crippen LogP contribution is -2.31. The highest BCUT2D eigenvalue weighted by molar-refractivity contribution is 9.10. The predicted octanol–water partition coefficient (Wildman–Crippen LogP) is 3.45. The van der Waals surface area contributed by atoms with Gasteiger partial charge in [-0.15, -0.1) is 0 Å². The molecule has 0 atom stereocenters. The van der Waals surface area contributed by atoms with Gasteiger partial charge in [-0.2, -0.15) is 0 Å². The van der Waals surface area contributed by atoms with Crippen molar-refractivity contribution in [3.05, 3.63) is 58.3 Å². The fraction of sp³-hybridized carbons (Fsp3) is 0.0714. The average molecular weight is 369 g/mol. The number of benzene rings is 2. The number of nitrogens with zero attached hydrogens (tertiary/aromatic N) is 2. The summed E-state index contributed by atoms with van der Waals surface area (Å²) in [6.07, 6.45) is 1.29. The third kappa shape index (κ3) is 2.58. The Labute approximate surface area is 130 Å². The summed E-state index contributed by atoms with van der Waals surface area (Å²) in [6.45, 7) is 0.0844. The van der Waals surface area contributed by atoms with Crippen molar-refractivity contribution in [2.45, 2.75) is 11.4 Å². The van der Waals surface area contributed by atoms with E-state index in [1.807, 2.05) is 0 Å². The van der Waals surface area contributed by atoms with E-state index in [9.17, 15) is 12.8 Å². The van der Waals surface area contributed by atoms with Gasteiger partial charge in [0.2, 0.25) is 0 Å². The van der Waals surface area contributed by atoms with Gasteiger partial charge in [-0.05, 0) is 29.8 Å². The van der Waals surface area contributed by atoms with E-state index in [0.29, 0.717) is 15.7 Å². The molecule has 0 bridgehead atoms. The Morgan fingerprint density at radius 3 is 2.71 bits per heavy atom. The minimum atomic E-state index is -3.64. The van der Waals surface area contributed by atoms with E-state index in [1.54, 1.807) is 24.3 Å². The fourth-order valence-electron chi connectivity index (χ4n) is 2.04. The summed E-state index contributed by atoms with van der Waals surface area (Å²) in [5.41, 5.74) is 1.08. The van der Waals surface area contributed by atoms with Gasteiger partial charge in [-0.3, -0.25) is 4.31 Å². The summed E-state index contributed by atoms with van der Waals surface area (Å²) in [4.78, 5) is 4.32. The van der Waals surface area contributed by atoms with Crippen molar-refractivity contribution in [2.24, 2.45) is 4.99 Å². The molecule has 0 aliphatic carbocycles. The van der Waals surface area contributed by atoms with Crippen molar-refractivity contribution < 1.29 is 12.8 Å². The average Bonchev–Trinajstić information content (AvgIpc) is 2.44. The van der Waals surface area contributed by atoms with Gasteiger partial charge in [-0.25, -0.2) is 17.8 Å². The molecule has 21 heavy (non-hydrogen) atoms. The van der Waals surface area contributed by atoms with Crippen LogP contribution in [0, 0.1) is 5.82 Å². The second-order valence-corrected chi connectivity index (χ2v) is 7.21. The van der Waals surface area contributed by atoms with Gasteiger partial charge in [-0.1, -0.05) is 34.1 Å². The monoisotopic (exact) mass is 368 g/mol. The zero-order valence-corrected chi connectivity index (χ0v) is 13.1. The van der Waals surface area contributed by atoms with Gasteiger partial charge in [0.1, 0.15) is 17.1 Å². The molecule has 0 spiro atoms. The second-order valence-electron chi connectivity index (χ2n) is 4.50. The topological polar surface area (TPSA) is 49.7 Å². The Bertz CT molecular complexity index is 837. The van der Waals surface area contributed by atoms with E-state index >= 15 is 0 Å². The number of hydrogen-bond donors (Lipinski definition) is 0. The molecule has 0 N–H and O–H groups in total. The third-order valence-corrected chi connectivity index (χ3v) is 5.60. The lowest BCUT2D eigenvalue weighted by molar-refractivity contribution is 0.521. The first-order valence-electron chi connectivity index (χ1n) is 6.07. The maximum atomic E-state index is 13.1. The Morgan fingerprint density at radius 2 is 1.95 bits per heavy atom. The number of para-hydroxylation sites is 1. The van der Waals surface area contributed by atoms with Crippen molar-refractivity contribution in [2.75, 3.05) is 0 Å². The number of hydrogen-bond acceptors (Lipinski definition) is 3. The Morgan fingerprint density at radius 1 is 1.19 bits per heavy atom. The van der Waals surface area contributed by atoms with E-state index < -0.39 is 10.0 Å². The molecule has 1 aliphatic rings. The molecule has 0 amide bonds. The lowest BCUT2D eigenvalue weighted by Gasteiger charge is -2.24. The molecule has 0 fully saturated rings. The first-order valence-corrected chi connectivity index (χ1v) is 8.31. The zero-order chi connectivity index (χ0) is 15.0. The summed E-state index contributed by atoms with van der Waals surface area (Å²) in [7, 11) is -3.64. The van der Waals surface area contributed by atoms with Crippen LogP contribution in [0.2, 0.25) is 0 Å². The molecule has 0 saturated carbocycles. The molecule has 2 aromatic rings. The standard InChI is InChI=1S/C14H10BrFN2O2S/c15-12-7-11(16)6-5-10(12)8-18-9-17-13-3-1-2-4-14(13)21(18,19)20/h1-7,9H,8H2. The number of aliphatic imine (C=N–C) groups is 1. The molecule has 1 aliphatic heterocycles. The fourth-order valence-corrected chi connectivity index (χ4v) is 3.89. The van der Waals surface area contributed by atoms with Crippen LogP contribution in [0.5, 0.6) is 0 Å². The number of halogens is 2. The van der Waals surface area contributed by atoms with Crippen LogP contribution in [0.3, 0.4) is 0 Å². The number of sulfonamides is 1. The van der Waals surface area contributed by atoms with E-state index in [0.717, 1.165) is 4.31 Å². The minimum Gasteiger partial charge on any atom is -0.252 e. The van der Waals surface area contributed by atoms with Crippen LogP contribution < -0.4 is 0 Å². The Balaban J connectivity index is 1.98. The first kappa shape index (κ1) is 14.2. The maximum Gasteiger partial charge on any atom is 0.267 e. The van der Waals surface area contributed by atoms with Gasteiger partial charge in [0, 0.05) is 4.47 Å². The van der Waals surface area contributed by atoms with Crippen LogP contribution in [-0.4, -0.2) is 19.1 Å². The van der Waals surface area contributed by atoms with Crippen LogP contribution in [0.4, 0.5) is 10.1 Å². The number of fused-ring (bicyclic) bond motifs is 1. The molecular weight excluding hydrogens is 359 g/mol. The van der Waals surface area contributed by atoms with Crippen LogP contribution >= 0.6 is 15.9 Å². The van der Waals surface area contributed by atoms with Crippen LogP contribution in [0.15, 0.2) is 56.8 Å². The van der Waals surface area contributed by atoms with E-state index in [4.69, 9.17) is 0 Å². The van der Waals surface area contributed by atoms with Crippen LogP contribution in [0.1, 0.15) is 5.56 Å². The summed E-state index contributed by atoms with van der Waals surface area (Å²) < 4.78 is 39.8. The van der Waals surface area contributed by atoms with Crippen LogP contribution in [-0.2, 0) is 16.6 Å². The summed E-state index contributed by atoms with van der Waals surface area (Å²) >= 11 is 3.24. The van der Waals surface area contributed by atoms with Gasteiger partial charge in [0.25, 0.3) is 10.0 Å². The van der Waals surface area contributed by atoms with Crippen molar-refractivity contribution in [3.63, 3.8) is 0 Å². The smallest absolute Gasteiger partial charge is 0.252 e. The summed E-state index contributed by atoms with van der Waals surface area (Å²) in [6, 6.07) is 10.7. The van der Waals surface area contributed by atoms with Crippen molar-refractivity contribution in [1.29, 1.82) is 0 Å². The van der Waals surface area contributed by atoms with E-state index in [1.165, 1.54) is 24.5 Å². The van der Waals surface area contributed by atoms with Gasteiger partial charge < -0.3 is 0 Å². The van der Waals surface area contributed by atoms with Gasteiger partial charge in [0.05, 0.1) is 12.2 Å². The van der Waals surface area contributed by atoms with Crippen molar-refractivity contribution >= 4 is 38.0 Å². The number of rotatable bonds is 2. The molecule has 1 heterocycles. The molecular formula is C14H10BrFN2O2S.